The van der Waals surface area contributed by atoms with Gasteiger partial charge in [0.1, 0.15) is 5.60 Å². The molecule has 1 aromatic rings. The second kappa shape index (κ2) is 8.01. The Hall–Kier alpha value is -1.56. The summed E-state index contributed by atoms with van der Waals surface area (Å²) in [7, 11) is 0. The highest BCUT2D eigenvalue weighted by Gasteiger charge is 2.29. The van der Waals surface area contributed by atoms with Gasteiger partial charge in [-0.2, -0.15) is 0 Å². The van der Waals surface area contributed by atoms with Crippen LogP contribution >= 0.6 is 15.9 Å². The van der Waals surface area contributed by atoms with Crippen LogP contribution in [0.1, 0.15) is 51.6 Å². The maximum absolute atomic E-state index is 12.5. The molecule has 6 heteroatoms. The van der Waals surface area contributed by atoms with E-state index in [4.69, 9.17) is 4.74 Å². The molecule has 1 atom stereocenters. The molecule has 1 aliphatic rings. The first kappa shape index (κ1) is 18.8. The third-order valence-electron chi connectivity index (χ3n) is 3.81. The fourth-order valence-corrected chi connectivity index (χ4v) is 3.27. The van der Waals surface area contributed by atoms with Gasteiger partial charge in [0.2, 0.25) is 5.91 Å². The number of hydrogen-bond acceptors (Lipinski definition) is 3. The molecule has 0 bridgehead atoms. The smallest absolute Gasteiger partial charge is 0.407 e. The second-order valence-corrected chi connectivity index (χ2v) is 7.89. The summed E-state index contributed by atoms with van der Waals surface area (Å²) in [6.45, 7) is 6.48. The van der Waals surface area contributed by atoms with Crippen LogP contribution in [0.4, 0.5) is 4.79 Å². The van der Waals surface area contributed by atoms with Crippen LogP contribution in [0.5, 0.6) is 0 Å². The van der Waals surface area contributed by atoms with Gasteiger partial charge in [0.05, 0.1) is 6.04 Å². The molecule has 1 fully saturated rings. The van der Waals surface area contributed by atoms with Crippen LogP contribution in [0.15, 0.2) is 28.7 Å². The Labute approximate surface area is 151 Å². The Kier molecular flexibility index (Phi) is 6.27. The molecule has 24 heavy (non-hydrogen) atoms. The predicted molar refractivity (Wildman–Crippen MR) is 96.7 cm³/mol. The SMILES string of the molecule is CC(C)(C)OC(=O)NCCC(=O)N1CCC[C@H]1c1cccc(Br)c1. The largest absolute Gasteiger partial charge is 0.444 e. The van der Waals surface area contributed by atoms with E-state index in [0.29, 0.717) is 0 Å². The van der Waals surface area contributed by atoms with Crippen molar-refractivity contribution in [3.05, 3.63) is 34.3 Å². The van der Waals surface area contributed by atoms with Gasteiger partial charge < -0.3 is 15.0 Å². The van der Waals surface area contributed by atoms with Crippen molar-refractivity contribution in [3.63, 3.8) is 0 Å². The molecule has 0 spiro atoms. The normalized spacial score (nSPS) is 17.7. The molecule has 132 valence electrons. The highest BCUT2D eigenvalue weighted by Crippen LogP contribution is 2.33. The molecule has 2 rings (SSSR count). The van der Waals surface area contributed by atoms with E-state index in [1.807, 2.05) is 37.8 Å². The maximum atomic E-state index is 12.5. The molecule has 0 radical (unpaired) electrons. The monoisotopic (exact) mass is 396 g/mol. The van der Waals surface area contributed by atoms with Gasteiger partial charge >= 0.3 is 6.09 Å². The van der Waals surface area contributed by atoms with Gasteiger partial charge in [0.25, 0.3) is 0 Å². The third-order valence-corrected chi connectivity index (χ3v) is 4.31. The lowest BCUT2D eigenvalue weighted by Crippen LogP contribution is -2.36. The van der Waals surface area contributed by atoms with Crippen molar-refractivity contribution < 1.29 is 14.3 Å². The first-order valence-corrected chi connectivity index (χ1v) is 9.07. The zero-order valence-electron chi connectivity index (χ0n) is 14.5. The minimum Gasteiger partial charge on any atom is -0.444 e. The minimum absolute atomic E-state index is 0.0635. The fraction of sp³-hybridized carbons (Fsp3) is 0.556. The maximum Gasteiger partial charge on any atom is 0.407 e. The van der Waals surface area contributed by atoms with E-state index in [1.165, 1.54) is 0 Å². The van der Waals surface area contributed by atoms with Gasteiger partial charge in [0, 0.05) is 24.0 Å². The average molecular weight is 397 g/mol. The van der Waals surface area contributed by atoms with Gasteiger partial charge in [-0.3, -0.25) is 4.79 Å². The Morgan fingerprint density at radius 3 is 2.79 bits per heavy atom. The van der Waals surface area contributed by atoms with E-state index < -0.39 is 11.7 Å². The molecule has 1 aromatic carbocycles. The van der Waals surface area contributed by atoms with Crippen LogP contribution < -0.4 is 5.32 Å². The molecule has 1 saturated heterocycles. The average Bonchev–Trinajstić information content (AvgIpc) is 2.94. The number of nitrogens with one attached hydrogen (secondary N) is 1. The molecule has 0 saturated carbocycles. The number of carbonyl (C=O) groups is 2. The zero-order chi connectivity index (χ0) is 17.7. The van der Waals surface area contributed by atoms with Crippen LogP contribution in [0.2, 0.25) is 0 Å². The Morgan fingerprint density at radius 2 is 2.12 bits per heavy atom. The zero-order valence-corrected chi connectivity index (χ0v) is 16.1. The molecule has 1 N–H and O–H groups in total. The molecule has 0 aromatic heterocycles. The second-order valence-electron chi connectivity index (χ2n) is 6.98. The molecular formula is C18H25BrN2O3. The van der Waals surface area contributed by atoms with Crippen molar-refractivity contribution in [3.8, 4) is 0 Å². The first-order valence-electron chi connectivity index (χ1n) is 8.28. The van der Waals surface area contributed by atoms with E-state index in [0.717, 1.165) is 29.4 Å². The number of amides is 2. The lowest BCUT2D eigenvalue weighted by Gasteiger charge is -2.25. The van der Waals surface area contributed by atoms with Crippen LogP contribution in [0, 0.1) is 0 Å². The Bertz CT molecular complexity index is 598. The van der Waals surface area contributed by atoms with E-state index >= 15 is 0 Å². The quantitative estimate of drug-likeness (QED) is 0.835. The number of hydrogen-bond donors (Lipinski definition) is 1. The van der Waals surface area contributed by atoms with Crippen molar-refractivity contribution in [1.82, 2.24) is 10.2 Å². The topological polar surface area (TPSA) is 58.6 Å². The van der Waals surface area contributed by atoms with Crippen molar-refractivity contribution in [2.45, 2.75) is 51.7 Å². The highest BCUT2D eigenvalue weighted by molar-refractivity contribution is 9.10. The van der Waals surface area contributed by atoms with Gasteiger partial charge in [0.15, 0.2) is 0 Å². The van der Waals surface area contributed by atoms with Crippen LogP contribution in [0.25, 0.3) is 0 Å². The van der Waals surface area contributed by atoms with Crippen LogP contribution in [-0.2, 0) is 9.53 Å². The van der Waals surface area contributed by atoms with Crippen LogP contribution in [0.3, 0.4) is 0 Å². The molecule has 1 aliphatic heterocycles. The van der Waals surface area contributed by atoms with Gasteiger partial charge in [-0.15, -0.1) is 0 Å². The van der Waals surface area contributed by atoms with Crippen molar-refractivity contribution in [1.29, 1.82) is 0 Å². The fourth-order valence-electron chi connectivity index (χ4n) is 2.85. The number of likely N-dealkylation sites (tertiary alicyclic amines) is 1. The first-order chi connectivity index (χ1) is 11.3. The molecule has 0 aliphatic carbocycles. The summed E-state index contributed by atoms with van der Waals surface area (Å²) in [6.07, 6.45) is 1.77. The molecule has 1 heterocycles. The number of rotatable bonds is 4. The van der Waals surface area contributed by atoms with Gasteiger partial charge in [-0.05, 0) is 51.3 Å². The summed E-state index contributed by atoms with van der Waals surface area (Å²) in [6, 6.07) is 8.21. The lowest BCUT2D eigenvalue weighted by atomic mass is 10.0. The van der Waals surface area contributed by atoms with Gasteiger partial charge in [-0.1, -0.05) is 28.1 Å². The van der Waals surface area contributed by atoms with E-state index in [-0.39, 0.29) is 24.9 Å². The summed E-state index contributed by atoms with van der Waals surface area (Å²) in [5.41, 5.74) is 0.616. The van der Waals surface area contributed by atoms with Crippen molar-refractivity contribution in [2.24, 2.45) is 0 Å². The van der Waals surface area contributed by atoms with E-state index in [9.17, 15) is 9.59 Å². The number of ether oxygens (including phenoxy) is 1. The summed E-state index contributed by atoms with van der Waals surface area (Å²) in [4.78, 5) is 26.0. The number of nitrogens with zero attached hydrogens (tertiary/aromatic N) is 1. The third kappa shape index (κ3) is 5.51. The summed E-state index contributed by atoms with van der Waals surface area (Å²) < 4.78 is 6.19. The minimum atomic E-state index is -0.533. The molecule has 0 unspecified atom stereocenters. The standard InChI is InChI=1S/C18H25BrN2O3/c1-18(2,3)24-17(23)20-10-9-16(22)21-11-5-8-15(21)13-6-4-7-14(19)12-13/h4,6-7,12,15H,5,8-11H2,1-3H3,(H,20,23)/t15-/m0/s1. The van der Waals surface area contributed by atoms with E-state index in [1.54, 1.807) is 0 Å². The summed E-state index contributed by atoms with van der Waals surface area (Å²) in [5.74, 6) is 0.0635. The Morgan fingerprint density at radius 1 is 1.38 bits per heavy atom. The number of carbonyl (C=O) groups excluding carboxylic acids is 2. The van der Waals surface area contributed by atoms with Crippen LogP contribution in [-0.4, -0.2) is 35.6 Å². The van der Waals surface area contributed by atoms with Crippen molar-refractivity contribution >= 4 is 27.9 Å². The number of benzene rings is 1. The predicted octanol–water partition coefficient (Wildman–Crippen LogP) is 4.03. The van der Waals surface area contributed by atoms with Gasteiger partial charge in [-0.25, -0.2) is 4.79 Å². The number of halogens is 1. The Balaban J connectivity index is 1.86. The van der Waals surface area contributed by atoms with Crippen molar-refractivity contribution in [2.75, 3.05) is 13.1 Å². The lowest BCUT2D eigenvalue weighted by molar-refractivity contribution is -0.132. The highest BCUT2D eigenvalue weighted by atomic mass is 79.9. The molecular weight excluding hydrogens is 372 g/mol. The summed E-state index contributed by atoms with van der Waals surface area (Å²) >= 11 is 3.48. The number of alkyl carbamates (subject to hydrolysis) is 1. The molecule has 2 amide bonds. The van der Waals surface area contributed by atoms with E-state index in [2.05, 4.69) is 33.4 Å². The summed E-state index contributed by atoms with van der Waals surface area (Å²) in [5, 5.41) is 2.64. The molecule has 5 nitrogen and oxygen atoms in total.